The predicted molar refractivity (Wildman–Crippen MR) is 60.2 cm³/mol. The molecule has 0 aromatic heterocycles. The van der Waals surface area contributed by atoms with Crippen LogP contribution in [-0.4, -0.2) is 36.5 Å². The van der Waals surface area contributed by atoms with Crippen molar-refractivity contribution in [3.05, 3.63) is 0 Å². The van der Waals surface area contributed by atoms with E-state index in [1.807, 2.05) is 13.8 Å². The van der Waals surface area contributed by atoms with Crippen LogP contribution in [0.15, 0.2) is 0 Å². The molecule has 86 valence electrons. The SMILES string of the molecule is CCCNCC(=O)N(CCC#N)C(C)C. The van der Waals surface area contributed by atoms with E-state index < -0.39 is 0 Å². The van der Waals surface area contributed by atoms with E-state index in [0.29, 0.717) is 19.5 Å². The molecule has 0 radical (unpaired) electrons. The van der Waals surface area contributed by atoms with Crippen LogP contribution in [0.4, 0.5) is 0 Å². The average molecular weight is 211 g/mol. The van der Waals surface area contributed by atoms with Gasteiger partial charge in [-0.15, -0.1) is 0 Å². The van der Waals surface area contributed by atoms with Crippen LogP contribution in [0.3, 0.4) is 0 Å². The second kappa shape index (κ2) is 8.25. The lowest BCUT2D eigenvalue weighted by molar-refractivity contribution is -0.131. The van der Waals surface area contributed by atoms with Crippen LogP contribution in [-0.2, 0) is 4.79 Å². The Bertz CT molecular complexity index is 220. The van der Waals surface area contributed by atoms with Crippen molar-refractivity contribution >= 4 is 5.91 Å². The molecule has 0 rings (SSSR count). The maximum atomic E-state index is 11.7. The molecule has 4 heteroatoms. The van der Waals surface area contributed by atoms with Crippen LogP contribution in [0.2, 0.25) is 0 Å². The Hall–Kier alpha value is -1.08. The molecule has 0 aromatic rings. The van der Waals surface area contributed by atoms with Crippen LogP contribution in [0.1, 0.15) is 33.6 Å². The number of rotatable bonds is 7. The highest BCUT2D eigenvalue weighted by molar-refractivity contribution is 5.78. The molecule has 1 amide bonds. The van der Waals surface area contributed by atoms with Crippen molar-refractivity contribution in [1.82, 2.24) is 10.2 Å². The molecule has 0 aliphatic heterocycles. The fourth-order valence-electron chi connectivity index (χ4n) is 1.31. The van der Waals surface area contributed by atoms with Gasteiger partial charge in [0.2, 0.25) is 5.91 Å². The maximum absolute atomic E-state index is 11.7. The first-order chi connectivity index (χ1) is 7.13. The molecule has 1 N–H and O–H groups in total. The van der Waals surface area contributed by atoms with Gasteiger partial charge in [0, 0.05) is 12.6 Å². The Morgan fingerprint density at radius 2 is 2.20 bits per heavy atom. The van der Waals surface area contributed by atoms with Crippen molar-refractivity contribution in [3.63, 3.8) is 0 Å². The molecule has 0 spiro atoms. The highest BCUT2D eigenvalue weighted by Crippen LogP contribution is 1.99. The van der Waals surface area contributed by atoms with E-state index in [1.165, 1.54) is 0 Å². The number of carbonyl (C=O) groups is 1. The molecule has 0 aliphatic rings. The van der Waals surface area contributed by atoms with Crippen molar-refractivity contribution in [2.45, 2.75) is 39.7 Å². The summed E-state index contributed by atoms with van der Waals surface area (Å²) in [6.45, 7) is 7.76. The minimum atomic E-state index is 0.0775. The zero-order chi connectivity index (χ0) is 11.7. The molecule has 0 saturated carbocycles. The quantitative estimate of drug-likeness (QED) is 0.642. The van der Waals surface area contributed by atoms with Crippen LogP contribution in [0.5, 0.6) is 0 Å². The first-order valence-corrected chi connectivity index (χ1v) is 5.50. The van der Waals surface area contributed by atoms with Crippen LogP contribution >= 0.6 is 0 Å². The minimum absolute atomic E-state index is 0.0775. The first kappa shape index (κ1) is 13.9. The van der Waals surface area contributed by atoms with Crippen molar-refractivity contribution in [2.24, 2.45) is 0 Å². The molecule has 0 fully saturated rings. The minimum Gasteiger partial charge on any atom is -0.338 e. The molecule has 0 atom stereocenters. The fraction of sp³-hybridized carbons (Fsp3) is 0.818. The summed E-state index contributed by atoms with van der Waals surface area (Å²) in [6, 6.07) is 2.22. The van der Waals surface area contributed by atoms with Gasteiger partial charge in [0.05, 0.1) is 19.0 Å². The number of nitrogens with zero attached hydrogens (tertiary/aromatic N) is 2. The van der Waals surface area contributed by atoms with Gasteiger partial charge in [0.1, 0.15) is 0 Å². The van der Waals surface area contributed by atoms with Crippen molar-refractivity contribution < 1.29 is 4.79 Å². The highest BCUT2D eigenvalue weighted by atomic mass is 16.2. The highest BCUT2D eigenvalue weighted by Gasteiger charge is 2.15. The Labute approximate surface area is 92.3 Å². The summed E-state index contributed by atoms with van der Waals surface area (Å²) in [5.41, 5.74) is 0. The number of hydrogen-bond acceptors (Lipinski definition) is 3. The summed E-state index contributed by atoms with van der Waals surface area (Å²) in [7, 11) is 0. The normalized spacial score (nSPS) is 10.1. The molecule has 0 aromatic carbocycles. The van der Waals surface area contributed by atoms with Gasteiger partial charge >= 0.3 is 0 Å². The van der Waals surface area contributed by atoms with E-state index in [-0.39, 0.29) is 11.9 Å². The maximum Gasteiger partial charge on any atom is 0.236 e. The van der Waals surface area contributed by atoms with Gasteiger partial charge in [-0.25, -0.2) is 0 Å². The molecular formula is C11H21N3O. The predicted octanol–water partition coefficient (Wildman–Crippen LogP) is 1.14. The van der Waals surface area contributed by atoms with Gasteiger partial charge in [0.25, 0.3) is 0 Å². The van der Waals surface area contributed by atoms with Gasteiger partial charge in [-0.2, -0.15) is 5.26 Å². The zero-order valence-corrected chi connectivity index (χ0v) is 9.92. The molecule has 0 heterocycles. The summed E-state index contributed by atoms with van der Waals surface area (Å²) < 4.78 is 0. The van der Waals surface area contributed by atoms with Crippen molar-refractivity contribution in [2.75, 3.05) is 19.6 Å². The van der Waals surface area contributed by atoms with E-state index in [0.717, 1.165) is 13.0 Å². The molecule has 15 heavy (non-hydrogen) atoms. The monoisotopic (exact) mass is 211 g/mol. The van der Waals surface area contributed by atoms with Crippen LogP contribution in [0.25, 0.3) is 0 Å². The number of nitrogens with one attached hydrogen (secondary N) is 1. The third kappa shape index (κ3) is 6.08. The van der Waals surface area contributed by atoms with Gasteiger partial charge in [0.15, 0.2) is 0 Å². The summed E-state index contributed by atoms with van der Waals surface area (Å²) in [5, 5.41) is 11.6. The van der Waals surface area contributed by atoms with Crippen molar-refractivity contribution in [3.8, 4) is 6.07 Å². The van der Waals surface area contributed by atoms with Gasteiger partial charge in [-0.1, -0.05) is 6.92 Å². The van der Waals surface area contributed by atoms with Crippen LogP contribution in [0, 0.1) is 11.3 Å². The molecule has 0 saturated heterocycles. The fourth-order valence-corrected chi connectivity index (χ4v) is 1.31. The van der Waals surface area contributed by atoms with E-state index >= 15 is 0 Å². The average Bonchev–Trinajstić information content (AvgIpc) is 2.18. The van der Waals surface area contributed by atoms with E-state index in [1.54, 1.807) is 4.90 Å². The summed E-state index contributed by atoms with van der Waals surface area (Å²) in [6.07, 6.45) is 1.42. The second-order valence-corrected chi connectivity index (χ2v) is 3.77. The molecule has 0 bridgehead atoms. The molecule has 0 unspecified atom stereocenters. The largest absolute Gasteiger partial charge is 0.338 e. The number of hydrogen-bond donors (Lipinski definition) is 1. The summed E-state index contributed by atoms with van der Waals surface area (Å²) in [4.78, 5) is 13.5. The zero-order valence-electron chi connectivity index (χ0n) is 9.92. The Kier molecular flexibility index (Phi) is 7.65. The first-order valence-electron chi connectivity index (χ1n) is 5.50. The summed E-state index contributed by atoms with van der Waals surface area (Å²) >= 11 is 0. The molecule has 4 nitrogen and oxygen atoms in total. The smallest absolute Gasteiger partial charge is 0.236 e. The van der Waals surface area contributed by atoms with Gasteiger partial charge in [-0.3, -0.25) is 4.79 Å². The topological polar surface area (TPSA) is 56.1 Å². The molecular weight excluding hydrogens is 190 g/mol. The summed E-state index contributed by atoms with van der Waals surface area (Å²) in [5.74, 6) is 0.0775. The number of nitriles is 1. The van der Waals surface area contributed by atoms with Gasteiger partial charge < -0.3 is 10.2 Å². The lowest BCUT2D eigenvalue weighted by Crippen LogP contribution is -2.42. The lowest BCUT2D eigenvalue weighted by Gasteiger charge is -2.25. The van der Waals surface area contributed by atoms with Crippen molar-refractivity contribution in [1.29, 1.82) is 5.26 Å². The standard InChI is InChI=1S/C11H21N3O/c1-4-7-13-9-11(15)14(10(2)3)8-5-6-12/h10,13H,4-5,7-9H2,1-3H3. The van der Waals surface area contributed by atoms with E-state index in [2.05, 4.69) is 18.3 Å². The second-order valence-electron chi connectivity index (χ2n) is 3.77. The third-order valence-corrected chi connectivity index (χ3v) is 2.11. The van der Waals surface area contributed by atoms with Crippen LogP contribution < -0.4 is 5.32 Å². The Balaban J connectivity index is 4.00. The van der Waals surface area contributed by atoms with E-state index in [4.69, 9.17) is 5.26 Å². The van der Waals surface area contributed by atoms with E-state index in [9.17, 15) is 4.79 Å². The third-order valence-electron chi connectivity index (χ3n) is 2.11. The Morgan fingerprint density at radius 3 is 2.67 bits per heavy atom. The number of amides is 1. The Morgan fingerprint density at radius 1 is 1.53 bits per heavy atom. The molecule has 0 aliphatic carbocycles. The number of carbonyl (C=O) groups excluding carboxylic acids is 1. The van der Waals surface area contributed by atoms with Gasteiger partial charge in [-0.05, 0) is 26.8 Å². The lowest BCUT2D eigenvalue weighted by atomic mass is 10.3.